The first kappa shape index (κ1) is 33.6. The van der Waals surface area contributed by atoms with Crippen molar-refractivity contribution in [2.45, 2.75) is 112 Å². The third-order valence-corrected chi connectivity index (χ3v) is 9.45. The predicted octanol–water partition coefficient (Wildman–Crippen LogP) is 9.43. The number of carbonyl (C=O) groups excluding carboxylic acids is 1. The second kappa shape index (κ2) is 15.5. The number of hydrogen-bond acceptors (Lipinski definition) is 3. The second-order valence-corrected chi connectivity index (χ2v) is 12.5. The van der Waals surface area contributed by atoms with Crippen LogP contribution in [0.25, 0.3) is 0 Å². The minimum Gasteiger partial charge on any atom is -0.399 e. The molecule has 4 nitrogen and oxygen atoms in total. The lowest BCUT2D eigenvalue weighted by atomic mass is 9.84. The highest BCUT2D eigenvalue weighted by Gasteiger charge is 2.36. The van der Waals surface area contributed by atoms with Crippen molar-refractivity contribution in [2.75, 3.05) is 12.3 Å². The molecule has 0 radical (unpaired) electrons. The van der Waals surface area contributed by atoms with Crippen molar-refractivity contribution >= 4 is 17.4 Å². The Labute approximate surface area is 254 Å². The molecule has 4 rings (SSSR count). The second-order valence-electron chi connectivity index (χ2n) is 12.5. The number of amides is 1. The molecule has 1 aliphatic heterocycles. The first-order valence-corrected chi connectivity index (χ1v) is 16.2. The van der Waals surface area contributed by atoms with Gasteiger partial charge in [-0.1, -0.05) is 96.4 Å². The molecule has 2 aromatic carbocycles. The highest BCUT2D eigenvalue weighted by molar-refractivity contribution is 6.07. The molecule has 5 heteroatoms. The average Bonchev–Trinajstić information content (AvgIpc) is 3.44. The number of anilines is 1. The van der Waals surface area contributed by atoms with Crippen molar-refractivity contribution in [1.82, 2.24) is 4.90 Å². The van der Waals surface area contributed by atoms with E-state index in [1.807, 2.05) is 61.2 Å². The van der Waals surface area contributed by atoms with Gasteiger partial charge in [-0.25, -0.2) is 4.39 Å². The van der Waals surface area contributed by atoms with Crippen LogP contribution in [0.3, 0.4) is 0 Å². The summed E-state index contributed by atoms with van der Waals surface area (Å²) in [4.78, 5) is 20.6. The number of nitrogens with two attached hydrogens (primary N) is 1. The van der Waals surface area contributed by atoms with Gasteiger partial charge in [0.15, 0.2) is 0 Å². The number of aliphatic imine (C=N–C) groups is 1. The number of alkyl halides is 1. The average molecular weight is 576 g/mol. The van der Waals surface area contributed by atoms with Crippen molar-refractivity contribution in [3.05, 3.63) is 76.4 Å². The van der Waals surface area contributed by atoms with Gasteiger partial charge in [0.25, 0.3) is 5.91 Å². The Balaban J connectivity index is 0.000000458. The summed E-state index contributed by atoms with van der Waals surface area (Å²) in [5, 5.41) is 0. The first-order valence-electron chi connectivity index (χ1n) is 16.2. The fourth-order valence-electron chi connectivity index (χ4n) is 6.04. The molecule has 230 valence electrons. The molecule has 42 heavy (non-hydrogen) atoms. The van der Waals surface area contributed by atoms with Crippen LogP contribution in [-0.2, 0) is 23.4 Å². The smallest absolute Gasteiger partial charge is 0.255 e. The van der Waals surface area contributed by atoms with E-state index in [1.54, 1.807) is 6.92 Å². The first-order chi connectivity index (χ1) is 20.0. The zero-order valence-electron chi connectivity index (χ0n) is 27.2. The Bertz CT molecular complexity index is 1230. The molecule has 0 saturated carbocycles. The molecule has 0 spiro atoms. The van der Waals surface area contributed by atoms with Crippen LogP contribution in [0.1, 0.15) is 110 Å². The largest absolute Gasteiger partial charge is 0.399 e. The highest BCUT2D eigenvalue weighted by Crippen LogP contribution is 2.41. The van der Waals surface area contributed by atoms with Crippen LogP contribution in [0.4, 0.5) is 10.1 Å². The molecule has 1 aliphatic carbocycles. The summed E-state index contributed by atoms with van der Waals surface area (Å²) in [6.07, 6.45) is 7.75. The van der Waals surface area contributed by atoms with Gasteiger partial charge in [-0.3, -0.25) is 14.7 Å². The summed E-state index contributed by atoms with van der Waals surface area (Å²) < 4.78 is 15.3. The number of rotatable bonds is 9. The van der Waals surface area contributed by atoms with Gasteiger partial charge in [-0.2, -0.15) is 0 Å². The van der Waals surface area contributed by atoms with Crippen molar-refractivity contribution < 1.29 is 9.18 Å². The lowest BCUT2D eigenvalue weighted by molar-refractivity contribution is -0.124. The number of nitrogen functional groups attached to an aromatic ring is 1. The van der Waals surface area contributed by atoms with Gasteiger partial charge in [0, 0.05) is 24.2 Å². The quantitative estimate of drug-likeness (QED) is 0.303. The molecule has 4 atom stereocenters. The number of benzene rings is 2. The summed E-state index contributed by atoms with van der Waals surface area (Å²) in [6.45, 7) is 15.6. The third-order valence-electron chi connectivity index (χ3n) is 9.45. The number of amidine groups is 1. The van der Waals surface area contributed by atoms with Crippen molar-refractivity contribution in [3.63, 3.8) is 0 Å². The van der Waals surface area contributed by atoms with Gasteiger partial charge in [0.2, 0.25) is 0 Å². The summed E-state index contributed by atoms with van der Waals surface area (Å²) in [5.41, 5.74) is 10.5. The monoisotopic (exact) mass is 575 g/mol. The molecule has 1 amide bonds. The van der Waals surface area contributed by atoms with E-state index in [0.717, 1.165) is 80.6 Å². The maximum absolute atomic E-state index is 15.3. The van der Waals surface area contributed by atoms with E-state index in [4.69, 9.17) is 10.7 Å². The minimum absolute atomic E-state index is 0.0479. The van der Waals surface area contributed by atoms with Gasteiger partial charge < -0.3 is 5.73 Å². The number of halogens is 1. The van der Waals surface area contributed by atoms with E-state index >= 15 is 4.39 Å². The Morgan fingerprint density at radius 3 is 2.36 bits per heavy atom. The van der Waals surface area contributed by atoms with E-state index in [-0.39, 0.29) is 11.8 Å². The molecule has 4 unspecified atom stereocenters. The van der Waals surface area contributed by atoms with Crippen LogP contribution in [0, 0.1) is 17.8 Å². The van der Waals surface area contributed by atoms with Crippen LogP contribution in [0.2, 0.25) is 0 Å². The van der Waals surface area contributed by atoms with Crippen molar-refractivity contribution in [2.24, 2.45) is 22.7 Å². The van der Waals surface area contributed by atoms with E-state index in [1.165, 1.54) is 11.1 Å². The SMILES string of the molecule is CCCN=C1CCC(C)C2=C(CC(CC)C2)C(=O)N1Cc1ccc(C(C)(F)C(C)CC)cc1.CCc1cccc(N)c1. The maximum Gasteiger partial charge on any atom is 0.255 e. The van der Waals surface area contributed by atoms with Crippen molar-refractivity contribution in [1.29, 1.82) is 0 Å². The van der Waals surface area contributed by atoms with Gasteiger partial charge in [-0.15, -0.1) is 0 Å². The molecular weight excluding hydrogens is 521 g/mol. The zero-order chi connectivity index (χ0) is 30.9. The van der Waals surface area contributed by atoms with Gasteiger partial charge in [0.05, 0.1) is 6.54 Å². The highest BCUT2D eigenvalue weighted by atomic mass is 19.1. The van der Waals surface area contributed by atoms with Crippen LogP contribution in [0.15, 0.2) is 64.7 Å². The van der Waals surface area contributed by atoms with E-state index in [0.29, 0.717) is 23.9 Å². The van der Waals surface area contributed by atoms with Gasteiger partial charge in [-0.05, 0) is 85.6 Å². The Morgan fingerprint density at radius 2 is 1.79 bits per heavy atom. The summed E-state index contributed by atoms with van der Waals surface area (Å²) in [6, 6.07) is 15.7. The number of allylic oxidation sites excluding steroid dienone is 1. The third kappa shape index (κ3) is 8.33. The fraction of sp³-hybridized carbons (Fsp3) is 0.568. The number of nitrogens with zero attached hydrogens (tertiary/aromatic N) is 2. The topological polar surface area (TPSA) is 58.7 Å². The number of carbonyl (C=O) groups is 1. The summed E-state index contributed by atoms with van der Waals surface area (Å²) >= 11 is 0. The van der Waals surface area contributed by atoms with Crippen LogP contribution in [0.5, 0.6) is 0 Å². The van der Waals surface area contributed by atoms with Crippen LogP contribution < -0.4 is 5.73 Å². The number of hydrogen-bond donors (Lipinski definition) is 1. The Hall–Kier alpha value is -2.95. The fourth-order valence-corrected chi connectivity index (χ4v) is 6.04. The Morgan fingerprint density at radius 1 is 1.07 bits per heavy atom. The minimum atomic E-state index is -1.35. The van der Waals surface area contributed by atoms with Crippen molar-refractivity contribution in [3.8, 4) is 0 Å². The van der Waals surface area contributed by atoms with Gasteiger partial charge >= 0.3 is 0 Å². The lowest BCUT2D eigenvalue weighted by Gasteiger charge is -2.30. The van der Waals surface area contributed by atoms with Crippen LogP contribution in [-0.4, -0.2) is 23.2 Å². The molecule has 2 aliphatic rings. The normalized spacial score (nSPS) is 22.1. The molecule has 0 aromatic heterocycles. The molecule has 2 N–H and O–H groups in total. The Kier molecular flexibility index (Phi) is 12.4. The summed E-state index contributed by atoms with van der Waals surface area (Å²) in [5.74, 6) is 2.03. The molecule has 1 heterocycles. The van der Waals surface area contributed by atoms with Crippen LogP contribution >= 0.6 is 0 Å². The lowest BCUT2D eigenvalue weighted by Crippen LogP contribution is -2.39. The molecule has 0 fully saturated rings. The predicted molar refractivity (Wildman–Crippen MR) is 176 cm³/mol. The molecule has 0 bridgehead atoms. The van der Waals surface area contributed by atoms with Gasteiger partial charge in [0.1, 0.15) is 11.5 Å². The molecule has 0 saturated heterocycles. The maximum atomic E-state index is 15.3. The van der Waals surface area contributed by atoms with E-state index < -0.39 is 5.67 Å². The van der Waals surface area contributed by atoms with E-state index in [2.05, 4.69) is 33.8 Å². The number of aryl methyl sites for hydroxylation is 1. The van der Waals surface area contributed by atoms with E-state index in [9.17, 15) is 4.79 Å². The summed E-state index contributed by atoms with van der Waals surface area (Å²) in [7, 11) is 0. The zero-order valence-corrected chi connectivity index (χ0v) is 27.2. The standard InChI is InChI=1S/C29H43FN2O.C8H11N/c1-7-16-31-27-15-10-20(4)25-17-22(9-3)18-26(25)28(33)32(27)19-23-11-13-24(14-12-23)29(6,30)21(5)8-2;1-2-7-4-3-5-8(9)6-7/h11-14,20-22H,7-10,15-19H2,1-6H3;3-6H,2,9H2,1H3. The molecular formula is C37H54FN3O. The molecule has 2 aromatic rings.